The molecule has 0 bridgehead atoms. The zero-order chi connectivity index (χ0) is 19.2. The van der Waals surface area contributed by atoms with Gasteiger partial charge in [-0.1, -0.05) is 42.5 Å². The van der Waals surface area contributed by atoms with Crippen molar-refractivity contribution in [3.05, 3.63) is 65.7 Å². The maximum absolute atomic E-state index is 13.2. The number of hydrogen-bond acceptors (Lipinski definition) is 3. The van der Waals surface area contributed by atoms with E-state index in [1.807, 2.05) is 65.6 Å². The molecule has 1 fully saturated rings. The molecule has 27 heavy (non-hydrogen) atoms. The quantitative estimate of drug-likeness (QED) is 0.655. The van der Waals surface area contributed by atoms with Gasteiger partial charge in [0.2, 0.25) is 5.91 Å². The van der Waals surface area contributed by atoms with Crippen LogP contribution in [0.15, 0.2) is 54.6 Å². The minimum atomic E-state index is -0.279. The first kappa shape index (κ1) is 18.7. The third kappa shape index (κ3) is 4.56. The molecule has 140 valence electrons. The van der Waals surface area contributed by atoms with Crippen LogP contribution < -0.4 is 10.5 Å². The Hall–Kier alpha value is -3.08. The zero-order valence-corrected chi connectivity index (χ0v) is 15.4. The molecular weight excluding hydrogens is 340 g/mol. The Morgan fingerprint density at radius 2 is 1.67 bits per heavy atom. The largest absolute Gasteiger partial charge is 0.497 e. The van der Waals surface area contributed by atoms with E-state index in [9.17, 15) is 9.59 Å². The molecule has 2 aromatic carbocycles. The number of carbonyl (C=O) groups excluding carboxylic acids is 2. The Kier molecular flexibility index (Phi) is 5.91. The van der Waals surface area contributed by atoms with E-state index < -0.39 is 0 Å². The first-order chi connectivity index (χ1) is 13.1. The second-order valence-electron chi connectivity index (χ2n) is 6.67. The van der Waals surface area contributed by atoms with Crippen LogP contribution in [0.25, 0.3) is 11.6 Å². The number of methoxy groups -OCH3 is 1. The van der Waals surface area contributed by atoms with Crippen molar-refractivity contribution < 1.29 is 14.3 Å². The molecule has 0 atom stereocenters. The fourth-order valence-corrected chi connectivity index (χ4v) is 3.29. The van der Waals surface area contributed by atoms with E-state index in [1.165, 1.54) is 0 Å². The Balaban J connectivity index is 1.87. The first-order valence-electron chi connectivity index (χ1n) is 9.08. The normalized spacial score (nSPS) is 15.4. The fourth-order valence-electron chi connectivity index (χ4n) is 3.29. The SMILES string of the molecule is COc1ccc(C=C(C(=O)N2CCC(C(N)=O)CC2)c2ccccc2)cc1. The monoisotopic (exact) mass is 364 g/mol. The third-order valence-electron chi connectivity index (χ3n) is 4.93. The summed E-state index contributed by atoms with van der Waals surface area (Å²) in [5.74, 6) is 0.326. The van der Waals surface area contributed by atoms with Crippen LogP contribution in [0.3, 0.4) is 0 Å². The lowest BCUT2D eigenvalue weighted by Crippen LogP contribution is -2.42. The van der Waals surface area contributed by atoms with Gasteiger partial charge in [0.1, 0.15) is 5.75 Å². The minimum Gasteiger partial charge on any atom is -0.497 e. The average molecular weight is 364 g/mol. The van der Waals surface area contributed by atoms with Gasteiger partial charge in [-0.05, 0) is 42.2 Å². The van der Waals surface area contributed by atoms with Crippen LogP contribution in [-0.4, -0.2) is 36.9 Å². The van der Waals surface area contributed by atoms with Gasteiger partial charge in [0.25, 0.3) is 5.91 Å². The highest BCUT2D eigenvalue weighted by atomic mass is 16.5. The predicted octanol–water partition coefficient (Wildman–Crippen LogP) is 2.96. The average Bonchev–Trinajstić information content (AvgIpc) is 2.72. The summed E-state index contributed by atoms with van der Waals surface area (Å²) in [6, 6.07) is 17.2. The molecule has 3 rings (SSSR count). The summed E-state index contributed by atoms with van der Waals surface area (Å²) < 4.78 is 5.20. The van der Waals surface area contributed by atoms with Crippen LogP contribution in [0, 0.1) is 5.92 Å². The molecular formula is C22H24N2O3. The van der Waals surface area contributed by atoms with Crippen molar-refractivity contribution in [2.75, 3.05) is 20.2 Å². The van der Waals surface area contributed by atoms with E-state index in [2.05, 4.69) is 0 Å². The maximum atomic E-state index is 13.2. The van der Waals surface area contributed by atoms with E-state index in [-0.39, 0.29) is 17.7 Å². The van der Waals surface area contributed by atoms with Gasteiger partial charge in [0.15, 0.2) is 0 Å². The van der Waals surface area contributed by atoms with E-state index in [4.69, 9.17) is 10.5 Å². The van der Waals surface area contributed by atoms with Gasteiger partial charge >= 0.3 is 0 Å². The second-order valence-corrected chi connectivity index (χ2v) is 6.67. The number of nitrogens with two attached hydrogens (primary N) is 1. The Morgan fingerprint density at radius 1 is 1.04 bits per heavy atom. The van der Waals surface area contributed by atoms with E-state index in [1.54, 1.807) is 7.11 Å². The molecule has 1 saturated heterocycles. The van der Waals surface area contributed by atoms with Crippen molar-refractivity contribution in [1.82, 2.24) is 4.90 Å². The lowest BCUT2D eigenvalue weighted by atomic mass is 9.94. The Labute approximate surface area is 159 Å². The number of rotatable bonds is 5. The molecule has 2 aromatic rings. The van der Waals surface area contributed by atoms with Gasteiger partial charge in [-0.15, -0.1) is 0 Å². The zero-order valence-electron chi connectivity index (χ0n) is 15.4. The summed E-state index contributed by atoms with van der Waals surface area (Å²) in [5.41, 5.74) is 7.84. The fraction of sp³-hybridized carbons (Fsp3) is 0.273. The van der Waals surface area contributed by atoms with Crippen LogP contribution in [0.5, 0.6) is 5.75 Å². The summed E-state index contributed by atoms with van der Waals surface area (Å²) in [7, 11) is 1.62. The van der Waals surface area contributed by atoms with Crippen LogP contribution in [0.4, 0.5) is 0 Å². The Bertz CT molecular complexity index is 820. The molecule has 0 saturated carbocycles. The van der Waals surface area contributed by atoms with Gasteiger partial charge in [0, 0.05) is 24.6 Å². The molecule has 0 spiro atoms. The summed E-state index contributed by atoms with van der Waals surface area (Å²) in [4.78, 5) is 26.4. The number of carbonyl (C=O) groups is 2. The number of primary amides is 1. The van der Waals surface area contributed by atoms with Crippen molar-refractivity contribution in [3.63, 3.8) is 0 Å². The molecule has 2 amide bonds. The van der Waals surface area contributed by atoms with Gasteiger partial charge in [-0.2, -0.15) is 0 Å². The highest BCUT2D eigenvalue weighted by molar-refractivity contribution is 6.24. The van der Waals surface area contributed by atoms with Crippen LogP contribution in [-0.2, 0) is 9.59 Å². The lowest BCUT2D eigenvalue weighted by molar-refractivity contribution is -0.130. The summed E-state index contributed by atoms with van der Waals surface area (Å²) in [5, 5.41) is 0. The number of nitrogens with zero attached hydrogens (tertiary/aromatic N) is 1. The Morgan fingerprint density at radius 3 is 2.22 bits per heavy atom. The highest BCUT2D eigenvalue weighted by Crippen LogP contribution is 2.25. The van der Waals surface area contributed by atoms with E-state index in [0.717, 1.165) is 16.9 Å². The third-order valence-corrected chi connectivity index (χ3v) is 4.93. The van der Waals surface area contributed by atoms with Crippen molar-refractivity contribution in [2.45, 2.75) is 12.8 Å². The standard InChI is InChI=1S/C22H24N2O3/c1-27-19-9-7-16(8-10-19)15-20(17-5-3-2-4-6-17)22(26)24-13-11-18(12-14-24)21(23)25/h2-10,15,18H,11-14H2,1H3,(H2,23,25). The number of amides is 2. The summed E-state index contributed by atoms with van der Waals surface area (Å²) >= 11 is 0. The van der Waals surface area contributed by atoms with Crippen LogP contribution in [0.2, 0.25) is 0 Å². The van der Waals surface area contributed by atoms with E-state index in [0.29, 0.717) is 31.5 Å². The van der Waals surface area contributed by atoms with Crippen LogP contribution in [0.1, 0.15) is 24.0 Å². The number of likely N-dealkylation sites (tertiary alicyclic amines) is 1. The highest BCUT2D eigenvalue weighted by Gasteiger charge is 2.27. The minimum absolute atomic E-state index is 0.0278. The van der Waals surface area contributed by atoms with Crippen LogP contribution >= 0.6 is 0 Å². The molecule has 0 unspecified atom stereocenters. The molecule has 5 heteroatoms. The lowest BCUT2D eigenvalue weighted by Gasteiger charge is -2.31. The first-order valence-corrected chi connectivity index (χ1v) is 9.08. The smallest absolute Gasteiger partial charge is 0.254 e. The van der Waals surface area contributed by atoms with Crippen molar-refractivity contribution in [1.29, 1.82) is 0 Å². The number of hydrogen-bond donors (Lipinski definition) is 1. The number of piperidine rings is 1. The molecule has 0 aliphatic carbocycles. The number of ether oxygens (including phenoxy) is 1. The molecule has 1 aliphatic heterocycles. The molecule has 1 heterocycles. The second kappa shape index (κ2) is 8.54. The van der Waals surface area contributed by atoms with Gasteiger partial charge < -0.3 is 15.4 Å². The predicted molar refractivity (Wildman–Crippen MR) is 106 cm³/mol. The topological polar surface area (TPSA) is 72.6 Å². The van der Waals surface area contributed by atoms with Crippen molar-refractivity contribution in [2.24, 2.45) is 11.7 Å². The van der Waals surface area contributed by atoms with Gasteiger partial charge in [-0.3, -0.25) is 9.59 Å². The molecule has 2 N–H and O–H groups in total. The molecule has 5 nitrogen and oxygen atoms in total. The van der Waals surface area contributed by atoms with Crippen molar-refractivity contribution >= 4 is 23.5 Å². The number of benzene rings is 2. The molecule has 1 aliphatic rings. The summed E-state index contributed by atoms with van der Waals surface area (Å²) in [6.45, 7) is 1.08. The van der Waals surface area contributed by atoms with Gasteiger partial charge in [-0.25, -0.2) is 0 Å². The molecule has 0 radical (unpaired) electrons. The molecule has 0 aromatic heterocycles. The van der Waals surface area contributed by atoms with Gasteiger partial charge in [0.05, 0.1) is 7.11 Å². The summed E-state index contributed by atoms with van der Waals surface area (Å²) in [6.07, 6.45) is 3.13. The van der Waals surface area contributed by atoms with Crippen molar-refractivity contribution in [3.8, 4) is 5.75 Å². The van der Waals surface area contributed by atoms with E-state index >= 15 is 0 Å². The maximum Gasteiger partial charge on any atom is 0.254 e.